The number of carbonyl (C=O) groups excluding carboxylic acids is 2. The first-order valence-electron chi connectivity index (χ1n) is 5.24. The van der Waals surface area contributed by atoms with E-state index in [9.17, 15) is 9.59 Å². The van der Waals surface area contributed by atoms with Gasteiger partial charge in [0.15, 0.2) is 5.78 Å². The summed E-state index contributed by atoms with van der Waals surface area (Å²) >= 11 is 0. The summed E-state index contributed by atoms with van der Waals surface area (Å²) in [5, 5.41) is 0. The Kier molecular flexibility index (Phi) is 4.40. The molecule has 0 N–H and O–H groups in total. The Balaban J connectivity index is 3.28. The molecule has 0 bridgehead atoms. The Bertz CT molecular complexity index is 472. The minimum Gasteiger partial charge on any atom is -0.462 e. The van der Waals surface area contributed by atoms with Crippen molar-refractivity contribution in [3.63, 3.8) is 0 Å². The van der Waals surface area contributed by atoms with Crippen molar-refractivity contribution >= 4 is 17.8 Å². The van der Waals surface area contributed by atoms with Crippen LogP contribution in [0.15, 0.2) is 37.4 Å². The van der Waals surface area contributed by atoms with Crippen LogP contribution in [-0.2, 0) is 4.74 Å². The quantitative estimate of drug-likeness (QED) is 0.444. The third kappa shape index (κ3) is 2.91. The van der Waals surface area contributed by atoms with E-state index in [2.05, 4.69) is 13.2 Å². The number of allylic oxidation sites excluding steroid dienone is 1. The van der Waals surface area contributed by atoms with E-state index in [4.69, 9.17) is 4.74 Å². The fraction of sp³-hybridized carbons (Fsp3) is 0.143. The van der Waals surface area contributed by atoms with Crippen LogP contribution in [0.4, 0.5) is 0 Å². The second kappa shape index (κ2) is 5.80. The summed E-state index contributed by atoms with van der Waals surface area (Å²) in [7, 11) is 0. The lowest BCUT2D eigenvalue weighted by atomic mass is 10.0. The lowest BCUT2D eigenvalue weighted by Gasteiger charge is -2.07. The molecule has 0 atom stereocenters. The second-order valence-electron chi connectivity index (χ2n) is 3.30. The van der Waals surface area contributed by atoms with Crippen molar-refractivity contribution < 1.29 is 14.3 Å². The number of benzene rings is 1. The maximum Gasteiger partial charge on any atom is 0.338 e. The molecule has 0 saturated heterocycles. The summed E-state index contributed by atoms with van der Waals surface area (Å²) in [6, 6.07) is 4.87. The highest BCUT2D eigenvalue weighted by atomic mass is 16.5. The summed E-state index contributed by atoms with van der Waals surface area (Å²) in [5.41, 5.74) is 1.31. The van der Waals surface area contributed by atoms with Crippen LogP contribution in [0.3, 0.4) is 0 Å². The summed E-state index contributed by atoms with van der Waals surface area (Å²) in [6.45, 7) is 9.01. The van der Waals surface area contributed by atoms with Crippen molar-refractivity contribution in [2.45, 2.75) is 6.92 Å². The molecule has 88 valence electrons. The van der Waals surface area contributed by atoms with Crippen LogP contribution in [0.2, 0.25) is 0 Å². The number of hydrogen-bond acceptors (Lipinski definition) is 3. The molecule has 0 fully saturated rings. The second-order valence-corrected chi connectivity index (χ2v) is 3.30. The Morgan fingerprint density at radius 3 is 2.53 bits per heavy atom. The average molecular weight is 230 g/mol. The predicted octanol–water partition coefficient (Wildman–Crippen LogP) is 2.88. The number of ketones is 1. The van der Waals surface area contributed by atoms with Crippen LogP contribution in [0, 0.1) is 0 Å². The Morgan fingerprint density at radius 1 is 1.29 bits per heavy atom. The van der Waals surface area contributed by atoms with Gasteiger partial charge in [-0.2, -0.15) is 0 Å². The highest BCUT2D eigenvalue weighted by Gasteiger charge is 2.16. The number of esters is 1. The zero-order chi connectivity index (χ0) is 12.8. The molecule has 0 aromatic heterocycles. The molecule has 0 amide bonds. The van der Waals surface area contributed by atoms with Gasteiger partial charge in [-0.25, -0.2) is 4.79 Å². The molecule has 0 aliphatic carbocycles. The van der Waals surface area contributed by atoms with E-state index >= 15 is 0 Å². The molecule has 3 heteroatoms. The molecule has 1 rings (SSSR count). The van der Waals surface area contributed by atoms with E-state index < -0.39 is 5.97 Å². The van der Waals surface area contributed by atoms with Crippen LogP contribution in [0.5, 0.6) is 0 Å². The summed E-state index contributed by atoms with van der Waals surface area (Å²) < 4.78 is 4.89. The lowest BCUT2D eigenvalue weighted by Crippen LogP contribution is -2.11. The molecule has 0 unspecified atom stereocenters. The van der Waals surface area contributed by atoms with Gasteiger partial charge < -0.3 is 4.74 Å². The molecule has 0 spiro atoms. The van der Waals surface area contributed by atoms with Gasteiger partial charge in [0.25, 0.3) is 0 Å². The van der Waals surface area contributed by atoms with Crippen molar-refractivity contribution in [3.8, 4) is 0 Å². The van der Waals surface area contributed by atoms with Crippen molar-refractivity contribution in [3.05, 3.63) is 54.1 Å². The third-order valence-corrected chi connectivity index (χ3v) is 2.23. The summed E-state index contributed by atoms with van der Waals surface area (Å²) in [4.78, 5) is 23.3. The fourth-order valence-corrected chi connectivity index (χ4v) is 1.39. The van der Waals surface area contributed by atoms with Crippen LogP contribution in [-0.4, -0.2) is 18.4 Å². The van der Waals surface area contributed by atoms with Gasteiger partial charge in [0.1, 0.15) is 0 Å². The first-order valence-corrected chi connectivity index (χ1v) is 5.24. The zero-order valence-electron chi connectivity index (χ0n) is 9.73. The monoisotopic (exact) mass is 230 g/mol. The number of hydrogen-bond donors (Lipinski definition) is 0. The molecule has 1 aromatic carbocycles. The lowest BCUT2D eigenvalue weighted by molar-refractivity contribution is 0.0523. The summed E-state index contributed by atoms with van der Waals surface area (Å²) in [5.74, 6) is -0.815. The number of rotatable bonds is 5. The molecular formula is C14H14O3. The molecule has 1 aromatic rings. The molecule has 3 nitrogen and oxygen atoms in total. The maximum atomic E-state index is 11.7. The Morgan fingerprint density at radius 2 is 2.00 bits per heavy atom. The first kappa shape index (κ1) is 12.9. The topological polar surface area (TPSA) is 43.4 Å². The minimum atomic E-state index is -0.506. The van der Waals surface area contributed by atoms with E-state index in [-0.39, 0.29) is 23.5 Å². The fourth-order valence-electron chi connectivity index (χ4n) is 1.39. The molecule has 0 heterocycles. The number of carbonyl (C=O) groups is 2. The standard InChI is InChI=1S/C14H14O3/c1-4-10-7-8-11(14(16)17-6-3)12(9-10)13(15)5-2/h4-5,7-9H,1-2,6H2,3H3. The Hall–Kier alpha value is -2.16. The van der Waals surface area contributed by atoms with Crippen molar-refractivity contribution in [1.82, 2.24) is 0 Å². The average Bonchev–Trinajstić information content (AvgIpc) is 2.37. The summed E-state index contributed by atoms with van der Waals surface area (Å²) in [6.07, 6.45) is 2.78. The molecule has 0 saturated carbocycles. The van der Waals surface area contributed by atoms with E-state index in [1.807, 2.05) is 0 Å². The van der Waals surface area contributed by atoms with Crippen LogP contribution in [0.25, 0.3) is 6.08 Å². The Labute approximate surface area is 100 Å². The minimum absolute atomic E-state index is 0.252. The molecular weight excluding hydrogens is 216 g/mol. The van der Waals surface area contributed by atoms with Crippen molar-refractivity contribution in [2.75, 3.05) is 6.61 Å². The van der Waals surface area contributed by atoms with Gasteiger partial charge >= 0.3 is 5.97 Å². The van der Waals surface area contributed by atoms with Crippen LogP contribution in [0.1, 0.15) is 33.2 Å². The molecule has 0 aliphatic heterocycles. The first-order chi connectivity index (χ1) is 8.13. The SMILES string of the molecule is C=CC(=O)c1cc(C=C)ccc1C(=O)OCC. The van der Waals surface area contributed by atoms with Crippen molar-refractivity contribution in [1.29, 1.82) is 0 Å². The number of ether oxygens (including phenoxy) is 1. The predicted molar refractivity (Wildman–Crippen MR) is 67.0 cm³/mol. The van der Waals surface area contributed by atoms with Gasteiger partial charge in [0, 0.05) is 5.56 Å². The molecule has 0 radical (unpaired) electrons. The molecule has 0 aliphatic rings. The zero-order valence-corrected chi connectivity index (χ0v) is 9.73. The van der Waals surface area contributed by atoms with Gasteiger partial charge in [-0.3, -0.25) is 4.79 Å². The van der Waals surface area contributed by atoms with Crippen molar-refractivity contribution in [2.24, 2.45) is 0 Å². The van der Waals surface area contributed by atoms with E-state index in [0.717, 1.165) is 5.56 Å². The smallest absolute Gasteiger partial charge is 0.338 e. The van der Waals surface area contributed by atoms with Gasteiger partial charge in [-0.05, 0) is 30.7 Å². The van der Waals surface area contributed by atoms with E-state index in [1.165, 1.54) is 6.08 Å². The molecule has 17 heavy (non-hydrogen) atoms. The normalized spacial score (nSPS) is 9.47. The van der Waals surface area contributed by atoms with Gasteiger partial charge in [-0.1, -0.05) is 25.3 Å². The largest absolute Gasteiger partial charge is 0.462 e. The van der Waals surface area contributed by atoms with Crippen LogP contribution < -0.4 is 0 Å². The van der Waals surface area contributed by atoms with E-state index in [1.54, 1.807) is 31.2 Å². The highest BCUT2D eigenvalue weighted by Crippen LogP contribution is 2.15. The van der Waals surface area contributed by atoms with Crippen LogP contribution >= 0.6 is 0 Å². The van der Waals surface area contributed by atoms with Gasteiger partial charge in [0.05, 0.1) is 12.2 Å². The van der Waals surface area contributed by atoms with E-state index in [0.29, 0.717) is 0 Å². The van der Waals surface area contributed by atoms with Gasteiger partial charge in [-0.15, -0.1) is 0 Å². The van der Waals surface area contributed by atoms with Gasteiger partial charge in [0.2, 0.25) is 0 Å². The highest BCUT2D eigenvalue weighted by molar-refractivity contribution is 6.11. The third-order valence-electron chi connectivity index (χ3n) is 2.23. The maximum absolute atomic E-state index is 11.7.